The molecule has 1 aliphatic heterocycles. The topological polar surface area (TPSA) is 66.6 Å². The Bertz CT molecular complexity index is 773. The Morgan fingerprint density at radius 2 is 2.12 bits per heavy atom. The fourth-order valence-electron chi connectivity index (χ4n) is 3.57. The number of nitrogens with zero attached hydrogens (tertiary/aromatic N) is 2. The summed E-state index contributed by atoms with van der Waals surface area (Å²) < 4.78 is 5.14. The molecule has 1 amide bonds. The first-order chi connectivity index (χ1) is 11.8. The van der Waals surface area contributed by atoms with Crippen molar-refractivity contribution in [2.75, 3.05) is 13.1 Å². The van der Waals surface area contributed by atoms with Gasteiger partial charge in [0.1, 0.15) is 17.5 Å². The minimum absolute atomic E-state index is 0.0784. The Kier molecular flexibility index (Phi) is 4.69. The summed E-state index contributed by atoms with van der Waals surface area (Å²) in [6.45, 7) is 8.92. The molecule has 134 valence electrons. The quantitative estimate of drug-likeness (QED) is 0.926. The van der Waals surface area contributed by atoms with E-state index < -0.39 is 5.60 Å². The number of hydrogen-bond donors (Lipinski definition) is 1. The van der Waals surface area contributed by atoms with Gasteiger partial charge in [-0.2, -0.15) is 0 Å². The molecule has 3 rings (SSSR count). The van der Waals surface area contributed by atoms with Gasteiger partial charge in [0.15, 0.2) is 0 Å². The van der Waals surface area contributed by atoms with Gasteiger partial charge in [-0.25, -0.2) is 0 Å². The molecule has 1 aromatic carbocycles. The molecule has 1 unspecified atom stereocenters. The molecule has 1 atom stereocenters. The zero-order valence-corrected chi connectivity index (χ0v) is 15.4. The van der Waals surface area contributed by atoms with Crippen molar-refractivity contribution in [3.05, 3.63) is 41.2 Å². The van der Waals surface area contributed by atoms with E-state index in [2.05, 4.69) is 11.2 Å². The number of aliphatic hydroxyl groups is 1. The van der Waals surface area contributed by atoms with E-state index in [1.54, 1.807) is 0 Å². The highest BCUT2D eigenvalue weighted by Crippen LogP contribution is 2.31. The maximum absolute atomic E-state index is 13.1. The Morgan fingerprint density at radius 3 is 2.80 bits per heavy atom. The minimum Gasteiger partial charge on any atom is -0.390 e. The fraction of sp³-hybridized carbons (Fsp3) is 0.500. The average Bonchev–Trinajstić information content (AvgIpc) is 3.03. The first kappa shape index (κ1) is 17.7. The number of aromatic nitrogens is 1. The van der Waals surface area contributed by atoms with Crippen LogP contribution in [0.3, 0.4) is 0 Å². The monoisotopic (exact) mass is 342 g/mol. The van der Waals surface area contributed by atoms with Gasteiger partial charge in [0.05, 0.1) is 5.60 Å². The molecule has 2 aromatic rings. The largest absolute Gasteiger partial charge is 0.390 e. The lowest BCUT2D eigenvalue weighted by molar-refractivity contribution is -0.0146. The molecule has 0 spiro atoms. The van der Waals surface area contributed by atoms with E-state index in [4.69, 9.17) is 4.52 Å². The first-order valence-corrected chi connectivity index (χ1v) is 8.81. The van der Waals surface area contributed by atoms with E-state index in [1.807, 2.05) is 44.7 Å². The van der Waals surface area contributed by atoms with Crippen LogP contribution in [0, 0.1) is 19.8 Å². The number of hydrogen-bond acceptors (Lipinski definition) is 4. The fourth-order valence-corrected chi connectivity index (χ4v) is 3.57. The third-order valence-corrected chi connectivity index (χ3v) is 5.14. The Morgan fingerprint density at radius 1 is 1.36 bits per heavy atom. The van der Waals surface area contributed by atoms with Crippen LogP contribution in [-0.2, 0) is 0 Å². The number of benzene rings is 1. The molecule has 1 aromatic heterocycles. The molecule has 1 aliphatic rings. The van der Waals surface area contributed by atoms with E-state index in [1.165, 1.54) is 11.8 Å². The molecule has 0 aliphatic carbocycles. The zero-order valence-electron chi connectivity index (χ0n) is 15.4. The second-order valence-electron chi connectivity index (χ2n) is 7.64. The number of likely N-dealkylation sites (tertiary alicyclic amines) is 1. The third kappa shape index (κ3) is 3.61. The molecule has 1 saturated heterocycles. The average molecular weight is 342 g/mol. The summed E-state index contributed by atoms with van der Waals surface area (Å²) in [6.07, 6.45) is 3.26. The Balaban J connectivity index is 1.88. The van der Waals surface area contributed by atoms with Crippen molar-refractivity contribution in [2.24, 2.45) is 5.92 Å². The summed E-state index contributed by atoms with van der Waals surface area (Å²) in [5.74, 6) is -0.000189. The predicted molar refractivity (Wildman–Crippen MR) is 96.3 cm³/mol. The summed E-state index contributed by atoms with van der Waals surface area (Å²) >= 11 is 0. The van der Waals surface area contributed by atoms with Gasteiger partial charge in [0.2, 0.25) is 0 Å². The van der Waals surface area contributed by atoms with Gasteiger partial charge >= 0.3 is 0 Å². The highest BCUT2D eigenvalue weighted by atomic mass is 16.5. The van der Waals surface area contributed by atoms with Crippen LogP contribution in [0.4, 0.5) is 0 Å². The van der Waals surface area contributed by atoms with Crippen molar-refractivity contribution in [3.8, 4) is 11.3 Å². The molecule has 2 heterocycles. The minimum atomic E-state index is -0.788. The molecular formula is C20H26N2O3. The van der Waals surface area contributed by atoms with Crippen molar-refractivity contribution < 1.29 is 14.4 Å². The summed E-state index contributed by atoms with van der Waals surface area (Å²) in [6, 6.07) is 6.06. The lowest BCUT2D eigenvalue weighted by Gasteiger charge is -2.38. The van der Waals surface area contributed by atoms with Crippen molar-refractivity contribution in [1.29, 1.82) is 0 Å². The van der Waals surface area contributed by atoms with Crippen LogP contribution in [0.5, 0.6) is 0 Å². The molecule has 0 bridgehead atoms. The molecule has 5 nitrogen and oxygen atoms in total. The number of rotatable bonds is 3. The van der Waals surface area contributed by atoms with Crippen LogP contribution in [-0.4, -0.2) is 39.8 Å². The predicted octanol–water partition coefficient (Wildman–Crippen LogP) is 3.58. The lowest BCUT2D eigenvalue weighted by atomic mass is 9.84. The maximum atomic E-state index is 13.1. The van der Waals surface area contributed by atoms with Gasteiger partial charge in [-0.05, 0) is 46.1 Å². The molecular weight excluding hydrogens is 316 g/mol. The normalized spacial score (nSPS) is 18.4. The maximum Gasteiger partial charge on any atom is 0.259 e. The van der Waals surface area contributed by atoms with Crippen molar-refractivity contribution in [3.63, 3.8) is 0 Å². The van der Waals surface area contributed by atoms with Gasteiger partial charge in [-0.3, -0.25) is 4.79 Å². The summed E-state index contributed by atoms with van der Waals surface area (Å²) in [5, 5.41) is 14.4. The van der Waals surface area contributed by atoms with Crippen LogP contribution in [0.25, 0.3) is 11.3 Å². The Hall–Kier alpha value is -2.14. The number of aryl methyl sites for hydroxylation is 2. The molecule has 5 heteroatoms. The molecule has 25 heavy (non-hydrogen) atoms. The van der Waals surface area contributed by atoms with Gasteiger partial charge < -0.3 is 14.5 Å². The van der Waals surface area contributed by atoms with Gasteiger partial charge in [0.25, 0.3) is 5.91 Å². The number of piperidine rings is 1. The van der Waals surface area contributed by atoms with Crippen LogP contribution in [0.2, 0.25) is 0 Å². The van der Waals surface area contributed by atoms with E-state index in [9.17, 15) is 9.90 Å². The van der Waals surface area contributed by atoms with Crippen molar-refractivity contribution >= 4 is 5.91 Å². The highest BCUT2D eigenvalue weighted by molar-refractivity contribution is 5.99. The third-order valence-electron chi connectivity index (χ3n) is 5.14. The van der Waals surface area contributed by atoms with Crippen molar-refractivity contribution in [2.45, 2.75) is 46.1 Å². The molecule has 0 radical (unpaired) electrons. The standard InChI is InChI=1S/C20H26N2O3/c1-13-7-8-16(14(2)10-13)18-17(12-25-21-18)19(23)22-9-5-6-15(11-22)20(3,4)24/h7-8,10,12,15,24H,5-6,9,11H2,1-4H3. The van der Waals surface area contributed by atoms with Gasteiger partial charge in [-0.1, -0.05) is 28.9 Å². The highest BCUT2D eigenvalue weighted by Gasteiger charge is 2.34. The van der Waals surface area contributed by atoms with Crippen molar-refractivity contribution in [1.82, 2.24) is 10.1 Å². The number of carbonyl (C=O) groups excluding carboxylic acids is 1. The second kappa shape index (κ2) is 6.64. The number of carbonyl (C=O) groups is 1. The molecule has 1 N–H and O–H groups in total. The summed E-state index contributed by atoms with van der Waals surface area (Å²) in [7, 11) is 0. The van der Waals surface area contributed by atoms with Crippen LogP contribution < -0.4 is 0 Å². The first-order valence-electron chi connectivity index (χ1n) is 8.81. The van der Waals surface area contributed by atoms with E-state index in [0.29, 0.717) is 24.3 Å². The molecule has 0 saturated carbocycles. The SMILES string of the molecule is Cc1ccc(-c2nocc2C(=O)N2CCCC(C(C)(C)O)C2)c(C)c1. The lowest BCUT2D eigenvalue weighted by Crippen LogP contribution is -2.47. The Labute approximate surface area is 148 Å². The van der Waals surface area contributed by atoms with E-state index in [0.717, 1.165) is 24.0 Å². The van der Waals surface area contributed by atoms with E-state index >= 15 is 0 Å². The number of amides is 1. The summed E-state index contributed by atoms with van der Waals surface area (Å²) in [4.78, 5) is 14.9. The van der Waals surface area contributed by atoms with Crippen LogP contribution >= 0.6 is 0 Å². The second-order valence-corrected chi connectivity index (χ2v) is 7.64. The van der Waals surface area contributed by atoms with Gasteiger partial charge in [0, 0.05) is 24.6 Å². The molecule has 1 fully saturated rings. The van der Waals surface area contributed by atoms with E-state index in [-0.39, 0.29) is 11.8 Å². The van der Waals surface area contributed by atoms with Crippen LogP contribution in [0.15, 0.2) is 29.0 Å². The van der Waals surface area contributed by atoms with Crippen LogP contribution in [0.1, 0.15) is 48.2 Å². The van der Waals surface area contributed by atoms with Gasteiger partial charge in [-0.15, -0.1) is 0 Å². The summed E-state index contributed by atoms with van der Waals surface area (Å²) in [5.41, 5.74) is 3.44. The zero-order chi connectivity index (χ0) is 18.2. The smallest absolute Gasteiger partial charge is 0.259 e.